The maximum atomic E-state index is 2.66. The van der Waals surface area contributed by atoms with Crippen molar-refractivity contribution < 1.29 is 0 Å². The topological polar surface area (TPSA) is 0 Å². The van der Waals surface area contributed by atoms with Crippen LogP contribution in [0.1, 0.15) is 117 Å². The molecule has 0 N–H and O–H groups in total. The molecule has 3 aliphatic rings. The van der Waals surface area contributed by atoms with E-state index in [0.29, 0.717) is 0 Å². The van der Waals surface area contributed by atoms with Crippen molar-refractivity contribution in [3.63, 3.8) is 0 Å². The number of rotatable bonds is 7. The van der Waals surface area contributed by atoms with Crippen molar-refractivity contribution in [2.75, 3.05) is 0 Å². The predicted octanol–water partition coefficient (Wildman–Crippen LogP) is 9.03. The first-order valence-electron chi connectivity index (χ1n) is 12.7. The zero-order valence-corrected chi connectivity index (χ0v) is 20.5. The monoisotopic (exact) mass is 392 g/mol. The van der Waals surface area contributed by atoms with Crippen LogP contribution < -0.4 is 0 Å². The molecule has 3 aliphatic carbocycles. The third-order valence-corrected chi connectivity index (χ3v) is 33.8. The van der Waals surface area contributed by atoms with Gasteiger partial charge in [0.15, 0.2) is 0 Å². The quantitative estimate of drug-likeness (QED) is 0.379. The van der Waals surface area contributed by atoms with Crippen LogP contribution in [0, 0.1) is 0 Å². The first-order chi connectivity index (χ1) is 12.7. The highest BCUT2D eigenvalue weighted by Gasteiger charge is 2.62. The summed E-state index contributed by atoms with van der Waals surface area (Å²) in [6.07, 6.45) is 24.1. The molecule has 0 aromatic heterocycles. The number of hydrogen-bond acceptors (Lipinski definition) is 0. The number of hydrogen-bond donors (Lipinski definition) is 0. The van der Waals surface area contributed by atoms with Crippen LogP contribution in [-0.2, 0) is 0 Å². The van der Waals surface area contributed by atoms with E-state index in [0.717, 1.165) is 0 Å². The van der Waals surface area contributed by atoms with Crippen molar-refractivity contribution in [3.05, 3.63) is 0 Å². The van der Waals surface area contributed by atoms with Crippen LogP contribution in [0.25, 0.3) is 0 Å². The Kier molecular flexibility index (Phi) is 7.94. The summed E-state index contributed by atoms with van der Waals surface area (Å²) in [4.78, 5) is 0. The molecular weight excluding hydrogens is 344 g/mol. The lowest BCUT2D eigenvalue weighted by molar-refractivity contribution is 0.422. The first-order valence-corrected chi connectivity index (χ1v) is 18.6. The van der Waals surface area contributed by atoms with Gasteiger partial charge in [-0.15, -0.1) is 0 Å². The molecule has 0 saturated heterocycles. The lowest BCUT2D eigenvalue weighted by Gasteiger charge is -2.62. The van der Waals surface area contributed by atoms with Crippen LogP contribution in [0.4, 0.5) is 0 Å². The highest BCUT2D eigenvalue weighted by molar-refractivity contribution is 7.44. The second kappa shape index (κ2) is 9.76. The lowest BCUT2D eigenvalue weighted by atomic mass is 9.98. The molecular formula is C24H48Si2. The Labute approximate surface area is 167 Å². The summed E-state index contributed by atoms with van der Waals surface area (Å²) in [5.41, 5.74) is 3.73. The molecule has 0 unspecified atom stereocenters. The molecule has 0 atom stereocenters. The minimum atomic E-state index is -1.23. The Balaban J connectivity index is 2.10. The minimum Gasteiger partial charge on any atom is -0.0680 e. The normalized spacial score (nSPS) is 25.5. The lowest BCUT2D eigenvalue weighted by Crippen LogP contribution is -2.70. The molecule has 26 heavy (non-hydrogen) atoms. The molecule has 0 aromatic carbocycles. The molecule has 0 amide bonds. The highest BCUT2D eigenvalue weighted by atomic mass is 29.3. The maximum Gasteiger partial charge on any atom is 0.0570 e. The van der Waals surface area contributed by atoms with Gasteiger partial charge in [-0.05, 0) is 16.6 Å². The van der Waals surface area contributed by atoms with E-state index in [1.165, 1.54) is 16.6 Å². The minimum absolute atomic E-state index is 1.12. The van der Waals surface area contributed by atoms with Crippen LogP contribution in [0.5, 0.6) is 0 Å². The van der Waals surface area contributed by atoms with Crippen molar-refractivity contribution >= 4 is 15.2 Å². The van der Waals surface area contributed by atoms with Gasteiger partial charge in [0, 0.05) is 7.59 Å². The van der Waals surface area contributed by atoms with Gasteiger partial charge in [0.1, 0.15) is 0 Å². The molecule has 3 saturated carbocycles. The van der Waals surface area contributed by atoms with Crippen molar-refractivity contribution in [2.24, 2.45) is 0 Å². The first kappa shape index (κ1) is 21.2. The van der Waals surface area contributed by atoms with Gasteiger partial charge in [0.25, 0.3) is 0 Å². The summed E-state index contributed by atoms with van der Waals surface area (Å²) in [6.45, 7) is 7.99. The van der Waals surface area contributed by atoms with Gasteiger partial charge < -0.3 is 0 Å². The van der Waals surface area contributed by atoms with Gasteiger partial charge in [-0.2, -0.15) is 0 Å². The van der Waals surface area contributed by atoms with Crippen molar-refractivity contribution in [1.29, 1.82) is 0 Å². The summed E-state index contributed by atoms with van der Waals surface area (Å²) in [5.74, 6) is 0. The molecule has 0 radical (unpaired) electrons. The molecule has 3 rings (SSSR count). The summed E-state index contributed by atoms with van der Waals surface area (Å²) in [7, 11) is -2.35. The van der Waals surface area contributed by atoms with Crippen LogP contribution in [0.3, 0.4) is 0 Å². The molecule has 0 aromatic rings. The van der Waals surface area contributed by atoms with E-state index in [2.05, 4.69) is 20.8 Å². The van der Waals surface area contributed by atoms with Gasteiger partial charge >= 0.3 is 0 Å². The van der Waals surface area contributed by atoms with Crippen molar-refractivity contribution in [1.82, 2.24) is 0 Å². The Morgan fingerprint density at radius 1 is 0.462 bits per heavy atom. The Morgan fingerprint density at radius 2 is 0.731 bits per heavy atom. The van der Waals surface area contributed by atoms with E-state index < -0.39 is 15.2 Å². The Morgan fingerprint density at radius 3 is 0.962 bits per heavy atom. The zero-order valence-electron chi connectivity index (χ0n) is 18.5. The molecule has 0 aliphatic heterocycles. The van der Waals surface area contributed by atoms with Gasteiger partial charge in [-0.3, -0.25) is 0 Å². The molecule has 0 heterocycles. The second-order valence-electron chi connectivity index (χ2n) is 10.3. The summed E-state index contributed by atoms with van der Waals surface area (Å²) < 4.78 is 0. The van der Waals surface area contributed by atoms with Gasteiger partial charge in [-0.1, -0.05) is 135 Å². The SMILES string of the molecule is CC[Si](CC)(CC)[Si](C1CCCCC1)(C1CCCCC1)C1CCCCC1. The van der Waals surface area contributed by atoms with E-state index in [4.69, 9.17) is 0 Å². The van der Waals surface area contributed by atoms with Crippen molar-refractivity contribution in [2.45, 2.75) is 152 Å². The average molecular weight is 393 g/mol. The largest absolute Gasteiger partial charge is 0.0680 e. The maximum absolute atomic E-state index is 2.66. The summed E-state index contributed by atoms with van der Waals surface area (Å²) in [6, 6.07) is 4.90. The smallest absolute Gasteiger partial charge is 0.0570 e. The molecule has 0 nitrogen and oxygen atoms in total. The van der Waals surface area contributed by atoms with Gasteiger partial charge in [-0.25, -0.2) is 0 Å². The van der Waals surface area contributed by atoms with E-state index in [1.807, 2.05) is 0 Å². The third-order valence-electron chi connectivity index (χ3n) is 9.79. The molecule has 3 fully saturated rings. The van der Waals surface area contributed by atoms with Crippen LogP contribution in [0.15, 0.2) is 0 Å². The van der Waals surface area contributed by atoms with E-state index in [-0.39, 0.29) is 0 Å². The zero-order chi connectivity index (χ0) is 18.5. The Bertz CT molecular complexity index is 343. The fourth-order valence-electron chi connectivity index (χ4n) is 8.71. The van der Waals surface area contributed by atoms with E-state index >= 15 is 0 Å². The van der Waals surface area contributed by atoms with Crippen LogP contribution in [0.2, 0.25) is 34.8 Å². The molecule has 0 spiro atoms. The summed E-state index contributed by atoms with van der Waals surface area (Å²) >= 11 is 0. The predicted molar refractivity (Wildman–Crippen MR) is 123 cm³/mol. The highest BCUT2D eigenvalue weighted by Crippen LogP contribution is 2.62. The van der Waals surface area contributed by atoms with Gasteiger partial charge in [0.2, 0.25) is 0 Å². The fourth-order valence-corrected chi connectivity index (χ4v) is 36.6. The molecule has 152 valence electrons. The fraction of sp³-hybridized carbons (Fsp3) is 1.00. The second-order valence-corrected chi connectivity index (χ2v) is 25.1. The molecule has 2 heteroatoms. The average Bonchev–Trinajstić information content (AvgIpc) is 2.74. The van der Waals surface area contributed by atoms with Gasteiger partial charge in [0.05, 0.1) is 7.59 Å². The van der Waals surface area contributed by atoms with Crippen LogP contribution >= 0.6 is 0 Å². The van der Waals surface area contributed by atoms with E-state index in [1.54, 1.807) is 114 Å². The van der Waals surface area contributed by atoms with Crippen LogP contribution in [-0.4, -0.2) is 15.2 Å². The van der Waals surface area contributed by atoms with E-state index in [9.17, 15) is 0 Å². The Hall–Kier alpha value is 0.434. The standard InChI is InChI=1S/C24H48Si2/c1-4-25(5-2,6-3)26(22-16-10-7-11-17-22,23-18-12-8-13-19-23)24-20-14-9-15-21-24/h22-24H,4-21H2,1-3H3. The third kappa shape index (κ3) is 3.67. The summed E-state index contributed by atoms with van der Waals surface area (Å²) in [5, 5.41) is 0. The van der Waals surface area contributed by atoms with Crippen molar-refractivity contribution in [3.8, 4) is 0 Å². The molecule has 0 bridgehead atoms.